The monoisotopic (exact) mass is 463 g/mol. The fourth-order valence-corrected chi connectivity index (χ4v) is 4.53. The molecule has 2 heterocycles. The third-order valence-corrected chi connectivity index (χ3v) is 6.87. The average Bonchev–Trinajstić information content (AvgIpc) is 3.12. The Bertz CT molecular complexity index is 844. The molecule has 1 aliphatic rings. The fraction of sp³-hybridized carbons (Fsp3) is 0.476. The number of likely N-dealkylation sites (tertiary alicyclic amines) is 1. The van der Waals surface area contributed by atoms with Gasteiger partial charge in [0.25, 0.3) is 0 Å². The highest BCUT2D eigenvalue weighted by Gasteiger charge is 2.27. The smallest absolute Gasteiger partial charge is 0.229 e. The average molecular weight is 464 g/mol. The molecule has 1 saturated heterocycles. The third-order valence-electron chi connectivity index (χ3n) is 5.07. The van der Waals surface area contributed by atoms with E-state index in [0.29, 0.717) is 24.6 Å². The van der Waals surface area contributed by atoms with Crippen LogP contribution in [0, 0.1) is 12.8 Å². The van der Waals surface area contributed by atoms with Gasteiger partial charge >= 0.3 is 0 Å². The maximum Gasteiger partial charge on any atom is 0.229 e. The van der Waals surface area contributed by atoms with Gasteiger partial charge in [-0.05, 0) is 43.4 Å². The van der Waals surface area contributed by atoms with Gasteiger partial charge in [-0.25, -0.2) is 4.98 Å². The van der Waals surface area contributed by atoms with Gasteiger partial charge in [-0.3, -0.25) is 9.59 Å². The second-order valence-electron chi connectivity index (χ2n) is 7.29. The summed E-state index contributed by atoms with van der Waals surface area (Å²) in [7, 11) is 0. The zero-order valence-electron chi connectivity index (χ0n) is 16.3. The zero-order chi connectivity index (χ0) is 20.1. The highest BCUT2D eigenvalue weighted by atomic mass is 79.9. The van der Waals surface area contributed by atoms with Crippen molar-refractivity contribution in [1.82, 2.24) is 9.88 Å². The van der Waals surface area contributed by atoms with Crippen LogP contribution in [0.2, 0.25) is 0 Å². The second kappa shape index (κ2) is 9.65. The van der Waals surface area contributed by atoms with Gasteiger partial charge < -0.3 is 10.2 Å². The SMILES string of the molecule is CCCC(=O)N1CCC(C(=O)Nc2ncc(Cc3ccc(Br)c(C)c3)s2)CC1. The molecule has 1 N–H and O–H groups in total. The molecule has 5 nitrogen and oxygen atoms in total. The number of nitrogens with one attached hydrogen (secondary N) is 1. The number of thiazole rings is 1. The summed E-state index contributed by atoms with van der Waals surface area (Å²) in [5, 5.41) is 3.62. The number of aromatic nitrogens is 1. The van der Waals surface area contributed by atoms with Gasteiger partial charge in [0.1, 0.15) is 0 Å². The third kappa shape index (κ3) is 5.41. The first kappa shape index (κ1) is 21.0. The second-order valence-corrected chi connectivity index (χ2v) is 9.26. The predicted octanol–water partition coefficient (Wildman–Crippen LogP) is 4.78. The van der Waals surface area contributed by atoms with Crippen molar-refractivity contribution >= 4 is 44.2 Å². The van der Waals surface area contributed by atoms with Gasteiger partial charge in [0, 0.05) is 47.4 Å². The number of carbonyl (C=O) groups is 2. The van der Waals surface area contributed by atoms with E-state index in [1.807, 2.05) is 18.0 Å². The number of halogens is 1. The number of anilines is 1. The Hall–Kier alpha value is -1.73. The van der Waals surface area contributed by atoms with E-state index < -0.39 is 0 Å². The Kier molecular flexibility index (Phi) is 7.24. The van der Waals surface area contributed by atoms with Crippen molar-refractivity contribution in [1.29, 1.82) is 0 Å². The van der Waals surface area contributed by atoms with Crippen LogP contribution < -0.4 is 5.32 Å². The number of hydrogen-bond acceptors (Lipinski definition) is 4. The molecule has 0 spiro atoms. The van der Waals surface area contributed by atoms with E-state index in [2.05, 4.69) is 51.4 Å². The standard InChI is InChI=1S/C21H26BrN3O2S/c1-3-4-19(26)25-9-7-16(8-10-25)20(27)24-21-23-13-17(28-21)12-15-5-6-18(22)14(2)11-15/h5-6,11,13,16H,3-4,7-10,12H2,1-2H3,(H,23,24,27). The molecule has 1 fully saturated rings. The van der Waals surface area contributed by atoms with Crippen LogP contribution in [0.4, 0.5) is 5.13 Å². The Morgan fingerprint density at radius 2 is 2.07 bits per heavy atom. The highest BCUT2D eigenvalue weighted by Crippen LogP contribution is 2.25. The van der Waals surface area contributed by atoms with E-state index >= 15 is 0 Å². The first-order chi connectivity index (χ1) is 13.5. The zero-order valence-corrected chi connectivity index (χ0v) is 18.7. The van der Waals surface area contributed by atoms with Crippen LogP contribution in [0.5, 0.6) is 0 Å². The van der Waals surface area contributed by atoms with Crippen molar-refractivity contribution in [3.05, 3.63) is 44.9 Å². The summed E-state index contributed by atoms with van der Waals surface area (Å²) in [5.74, 6) is 0.171. The molecular formula is C21H26BrN3O2S. The van der Waals surface area contributed by atoms with Crippen molar-refractivity contribution in [2.45, 2.75) is 46.0 Å². The molecule has 0 atom stereocenters. The van der Waals surface area contributed by atoms with Crippen molar-refractivity contribution in [2.24, 2.45) is 5.92 Å². The molecular weight excluding hydrogens is 438 g/mol. The molecule has 150 valence electrons. The first-order valence-corrected chi connectivity index (χ1v) is 11.4. The lowest BCUT2D eigenvalue weighted by Gasteiger charge is -2.31. The van der Waals surface area contributed by atoms with Crippen molar-refractivity contribution in [2.75, 3.05) is 18.4 Å². The molecule has 1 aromatic heterocycles. The van der Waals surface area contributed by atoms with Gasteiger partial charge in [0.15, 0.2) is 5.13 Å². The van der Waals surface area contributed by atoms with Gasteiger partial charge in [-0.2, -0.15) is 0 Å². The minimum Gasteiger partial charge on any atom is -0.343 e. The number of hydrogen-bond donors (Lipinski definition) is 1. The van der Waals surface area contributed by atoms with Crippen molar-refractivity contribution in [3.63, 3.8) is 0 Å². The van der Waals surface area contributed by atoms with Gasteiger partial charge in [0.05, 0.1) is 0 Å². The van der Waals surface area contributed by atoms with E-state index in [0.717, 1.165) is 35.0 Å². The van der Waals surface area contributed by atoms with Crippen LogP contribution in [-0.2, 0) is 16.0 Å². The highest BCUT2D eigenvalue weighted by molar-refractivity contribution is 9.10. The van der Waals surface area contributed by atoms with E-state index in [1.165, 1.54) is 22.5 Å². The summed E-state index contributed by atoms with van der Waals surface area (Å²) in [6.07, 6.45) is 5.54. The molecule has 28 heavy (non-hydrogen) atoms. The quantitative estimate of drug-likeness (QED) is 0.669. The van der Waals surface area contributed by atoms with E-state index in [9.17, 15) is 9.59 Å². The summed E-state index contributed by atoms with van der Waals surface area (Å²) < 4.78 is 1.11. The van der Waals surface area contributed by atoms with Crippen molar-refractivity contribution in [3.8, 4) is 0 Å². The summed E-state index contributed by atoms with van der Waals surface area (Å²) >= 11 is 5.05. The number of rotatable bonds is 6. The number of aryl methyl sites for hydroxylation is 1. The molecule has 0 aliphatic carbocycles. The minimum absolute atomic E-state index is 0.0166. The van der Waals surface area contributed by atoms with Gasteiger partial charge in [0.2, 0.25) is 11.8 Å². The van der Waals surface area contributed by atoms with Crippen LogP contribution in [0.25, 0.3) is 0 Å². The number of nitrogens with zero attached hydrogens (tertiary/aromatic N) is 2. The number of piperidine rings is 1. The lowest BCUT2D eigenvalue weighted by molar-refractivity contribution is -0.134. The van der Waals surface area contributed by atoms with Crippen molar-refractivity contribution < 1.29 is 9.59 Å². The van der Waals surface area contributed by atoms with Gasteiger partial charge in [-0.15, -0.1) is 11.3 Å². The first-order valence-electron chi connectivity index (χ1n) is 9.74. The molecule has 0 radical (unpaired) electrons. The molecule has 1 aromatic carbocycles. The topological polar surface area (TPSA) is 62.3 Å². The minimum atomic E-state index is -0.0489. The van der Waals surface area contributed by atoms with E-state index in [-0.39, 0.29) is 17.7 Å². The Balaban J connectivity index is 1.51. The maximum absolute atomic E-state index is 12.6. The number of amides is 2. The lowest BCUT2D eigenvalue weighted by Crippen LogP contribution is -2.41. The lowest BCUT2D eigenvalue weighted by atomic mass is 9.96. The Labute approximate surface area is 178 Å². The summed E-state index contributed by atoms with van der Waals surface area (Å²) in [5.41, 5.74) is 2.44. The molecule has 0 bridgehead atoms. The normalized spacial score (nSPS) is 14.9. The molecule has 3 rings (SSSR count). The Morgan fingerprint density at radius 1 is 1.32 bits per heavy atom. The number of benzene rings is 1. The largest absolute Gasteiger partial charge is 0.343 e. The number of carbonyl (C=O) groups excluding carboxylic acids is 2. The summed E-state index contributed by atoms with van der Waals surface area (Å²) in [4.78, 5) is 31.9. The Morgan fingerprint density at radius 3 is 2.75 bits per heavy atom. The van der Waals surface area contributed by atoms with Gasteiger partial charge in [-0.1, -0.05) is 35.0 Å². The van der Waals surface area contributed by atoms with Crippen LogP contribution >= 0.6 is 27.3 Å². The molecule has 0 unspecified atom stereocenters. The molecule has 2 aromatic rings. The molecule has 7 heteroatoms. The molecule has 1 aliphatic heterocycles. The predicted molar refractivity (Wildman–Crippen MR) is 117 cm³/mol. The van der Waals surface area contributed by atoms with Crippen LogP contribution in [0.1, 0.15) is 48.6 Å². The molecule has 0 saturated carbocycles. The maximum atomic E-state index is 12.6. The fourth-order valence-electron chi connectivity index (χ4n) is 3.44. The van der Waals surface area contributed by atoms with Crippen LogP contribution in [0.15, 0.2) is 28.9 Å². The van der Waals surface area contributed by atoms with E-state index in [1.54, 1.807) is 0 Å². The molecule has 2 amide bonds. The summed E-state index contributed by atoms with van der Waals surface area (Å²) in [6.45, 7) is 5.43. The van der Waals surface area contributed by atoms with Crippen LogP contribution in [-0.4, -0.2) is 34.8 Å². The summed E-state index contributed by atoms with van der Waals surface area (Å²) in [6, 6.07) is 6.32. The van der Waals surface area contributed by atoms with E-state index in [4.69, 9.17) is 0 Å². The van der Waals surface area contributed by atoms with Crippen LogP contribution in [0.3, 0.4) is 0 Å².